The zero-order chi connectivity index (χ0) is 18.0. The first-order valence-corrected chi connectivity index (χ1v) is 8.16. The van der Waals surface area contributed by atoms with E-state index < -0.39 is 12.0 Å². The monoisotopic (exact) mass is 339 g/mol. The lowest BCUT2D eigenvalue weighted by Gasteiger charge is -2.27. The lowest BCUT2D eigenvalue weighted by molar-refractivity contribution is -0.138. The van der Waals surface area contributed by atoms with Crippen LogP contribution in [0.25, 0.3) is 0 Å². The number of esters is 1. The molecule has 7 nitrogen and oxygen atoms in total. The van der Waals surface area contributed by atoms with Gasteiger partial charge in [0.2, 0.25) is 5.95 Å². The molecule has 0 saturated carbocycles. The van der Waals surface area contributed by atoms with Gasteiger partial charge in [0.15, 0.2) is 0 Å². The maximum absolute atomic E-state index is 12.6. The number of rotatable bonds is 5. The zero-order valence-electron chi connectivity index (χ0n) is 14.6. The van der Waals surface area contributed by atoms with Gasteiger partial charge in [0.05, 0.1) is 5.57 Å². The number of aromatic nitrogens is 4. The molecule has 2 aromatic rings. The Bertz CT molecular complexity index is 820. The topological polar surface area (TPSA) is 81.9 Å². The molecule has 3 rings (SSSR count). The fraction of sp³-hybridized carbons (Fsp3) is 0.333. The lowest BCUT2D eigenvalue weighted by Crippen LogP contribution is -2.29. The van der Waals surface area contributed by atoms with Crippen molar-refractivity contribution < 1.29 is 9.53 Å². The first-order chi connectivity index (χ1) is 12.0. The van der Waals surface area contributed by atoms with Crippen LogP contribution in [0.1, 0.15) is 43.9 Å². The van der Waals surface area contributed by atoms with Crippen molar-refractivity contribution in [2.24, 2.45) is 0 Å². The molecule has 7 heteroatoms. The van der Waals surface area contributed by atoms with Crippen molar-refractivity contribution in [1.29, 1.82) is 0 Å². The van der Waals surface area contributed by atoms with Crippen LogP contribution in [0.4, 0.5) is 5.95 Å². The van der Waals surface area contributed by atoms with Gasteiger partial charge in [0.1, 0.15) is 12.6 Å². The highest BCUT2D eigenvalue weighted by Gasteiger charge is 2.34. The van der Waals surface area contributed by atoms with Gasteiger partial charge in [0, 0.05) is 5.70 Å². The Balaban J connectivity index is 2.05. The van der Waals surface area contributed by atoms with Crippen LogP contribution in [0.3, 0.4) is 0 Å². The standard InChI is InChI=1S/C18H21N5O2/c1-5-10-25-17(24)15-12(4)19-18-20-21-22-23(18)16(15)14-8-6-13(7-9-14)11(2)3/h5-9,11,16H,1,10H2,2-4H3,(H,19,20,22). The number of tetrazole rings is 1. The van der Waals surface area contributed by atoms with Crippen LogP contribution in [0, 0.1) is 0 Å². The molecule has 25 heavy (non-hydrogen) atoms. The van der Waals surface area contributed by atoms with Crippen LogP contribution in [-0.4, -0.2) is 32.8 Å². The summed E-state index contributed by atoms with van der Waals surface area (Å²) in [5.74, 6) is 0.514. The third-order valence-corrected chi connectivity index (χ3v) is 4.19. The smallest absolute Gasteiger partial charge is 0.338 e. The Kier molecular flexibility index (Phi) is 4.65. The molecule has 1 N–H and O–H groups in total. The molecular weight excluding hydrogens is 318 g/mol. The summed E-state index contributed by atoms with van der Waals surface area (Å²) in [4.78, 5) is 12.6. The minimum atomic E-state index is -0.440. The van der Waals surface area contributed by atoms with Crippen LogP contribution < -0.4 is 5.32 Å². The van der Waals surface area contributed by atoms with E-state index in [9.17, 15) is 4.79 Å². The molecule has 0 spiro atoms. The highest BCUT2D eigenvalue weighted by atomic mass is 16.5. The van der Waals surface area contributed by atoms with E-state index in [1.165, 1.54) is 5.56 Å². The summed E-state index contributed by atoms with van der Waals surface area (Å²) >= 11 is 0. The van der Waals surface area contributed by atoms with E-state index in [0.717, 1.165) is 5.56 Å². The van der Waals surface area contributed by atoms with Gasteiger partial charge >= 0.3 is 5.97 Å². The number of carbonyl (C=O) groups excluding carboxylic acids is 1. The largest absolute Gasteiger partial charge is 0.458 e. The predicted octanol–water partition coefficient (Wildman–Crippen LogP) is 2.81. The molecule has 0 fully saturated rings. The molecule has 1 unspecified atom stereocenters. The minimum absolute atomic E-state index is 0.150. The van der Waals surface area contributed by atoms with Crippen molar-refractivity contribution >= 4 is 11.9 Å². The number of ether oxygens (including phenoxy) is 1. The molecule has 0 saturated heterocycles. The predicted molar refractivity (Wildman–Crippen MR) is 94.0 cm³/mol. The van der Waals surface area contributed by atoms with Gasteiger partial charge in [-0.15, -0.1) is 0 Å². The van der Waals surface area contributed by atoms with Crippen LogP contribution in [0.5, 0.6) is 0 Å². The molecule has 0 amide bonds. The quantitative estimate of drug-likeness (QED) is 0.666. The van der Waals surface area contributed by atoms with Gasteiger partial charge in [-0.3, -0.25) is 0 Å². The van der Waals surface area contributed by atoms with E-state index in [0.29, 0.717) is 23.1 Å². The molecule has 2 heterocycles. The van der Waals surface area contributed by atoms with E-state index >= 15 is 0 Å². The Labute approximate surface area is 146 Å². The summed E-state index contributed by atoms with van der Waals surface area (Å²) in [5.41, 5.74) is 3.31. The first-order valence-electron chi connectivity index (χ1n) is 8.16. The second kappa shape index (κ2) is 6.88. The number of fused-ring (bicyclic) bond motifs is 1. The number of hydrogen-bond acceptors (Lipinski definition) is 6. The van der Waals surface area contributed by atoms with Crippen LogP contribution in [0.15, 0.2) is 48.2 Å². The van der Waals surface area contributed by atoms with Crippen molar-refractivity contribution in [2.75, 3.05) is 11.9 Å². The van der Waals surface area contributed by atoms with E-state index in [-0.39, 0.29) is 6.61 Å². The molecular formula is C18H21N5O2. The molecule has 1 aliphatic rings. The zero-order valence-corrected chi connectivity index (χ0v) is 14.6. The van der Waals surface area contributed by atoms with Crippen molar-refractivity contribution in [3.05, 3.63) is 59.3 Å². The molecule has 1 atom stereocenters. The van der Waals surface area contributed by atoms with Crippen molar-refractivity contribution in [3.8, 4) is 0 Å². The first kappa shape index (κ1) is 16.9. The van der Waals surface area contributed by atoms with Crippen LogP contribution in [0.2, 0.25) is 0 Å². The van der Waals surface area contributed by atoms with Gasteiger partial charge in [-0.05, 0) is 34.4 Å². The SMILES string of the molecule is C=CCOC(=O)C1=C(C)Nc2nnnn2C1c1ccc(C(C)C)cc1. The van der Waals surface area contributed by atoms with Gasteiger partial charge < -0.3 is 10.1 Å². The van der Waals surface area contributed by atoms with Gasteiger partial charge in [-0.2, -0.15) is 4.68 Å². The van der Waals surface area contributed by atoms with E-state index in [1.807, 2.05) is 19.1 Å². The van der Waals surface area contributed by atoms with Crippen LogP contribution >= 0.6 is 0 Å². The summed E-state index contributed by atoms with van der Waals surface area (Å²) in [5, 5.41) is 14.8. The highest BCUT2D eigenvalue weighted by Crippen LogP contribution is 2.35. The highest BCUT2D eigenvalue weighted by molar-refractivity contribution is 5.92. The number of hydrogen-bond donors (Lipinski definition) is 1. The second-order valence-electron chi connectivity index (χ2n) is 6.22. The Morgan fingerprint density at radius 3 is 2.76 bits per heavy atom. The van der Waals surface area contributed by atoms with E-state index in [2.05, 4.69) is 53.4 Å². The maximum atomic E-state index is 12.6. The fourth-order valence-electron chi connectivity index (χ4n) is 2.86. The van der Waals surface area contributed by atoms with Crippen LogP contribution in [-0.2, 0) is 9.53 Å². The second-order valence-corrected chi connectivity index (χ2v) is 6.22. The summed E-state index contributed by atoms with van der Waals surface area (Å²) < 4.78 is 6.87. The van der Waals surface area contributed by atoms with E-state index in [4.69, 9.17) is 4.74 Å². The number of nitrogens with zero attached hydrogens (tertiary/aromatic N) is 4. The minimum Gasteiger partial charge on any atom is -0.458 e. The number of benzene rings is 1. The molecule has 1 aromatic carbocycles. The Morgan fingerprint density at radius 2 is 2.12 bits per heavy atom. The summed E-state index contributed by atoms with van der Waals surface area (Å²) in [7, 11) is 0. The molecule has 130 valence electrons. The van der Waals surface area contributed by atoms with Gasteiger partial charge in [-0.1, -0.05) is 55.9 Å². The lowest BCUT2D eigenvalue weighted by atomic mass is 9.93. The average Bonchev–Trinajstić information content (AvgIpc) is 3.06. The third-order valence-electron chi connectivity index (χ3n) is 4.19. The van der Waals surface area contributed by atoms with Crippen molar-refractivity contribution in [3.63, 3.8) is 0 Å². The Hall–Kier alpha value is -2.96. The normalized spacial score (nSPS) is 16.4. The molecule has 0 radical (unpaired) electrons. The van der Waals surface area contributed by atoms with Gasteiger partial charge in [0.25, 0.3) is 0 Å². The maximum Gasteiger partial charge on any atom is 0.338 e. The molecule has 0 aliphatic carbocycles. The number of anilines is 1. The Morgan fingerprint density at radius 1 is 1.40 bits per heavy atom. The summed E-state index contributed by atoms with van der Waals surface area (Å²) in [6.07, 6.45) is 1.54. The average molecular weight is 339 g/mol. The fourth-order valence-corrected chi connectivity index (χ4v) is 2.86. The summed E-state index contributed by atoms with van der Waals surface area (Å²) in [6, 6.07) is 7.70. The van der Waals surface area contributed by atoms with E-state index in [1.54, 1.807) is 10.8 Å². The number of nitrogens with one attached hydrogen (secondary N) is 1. The van der Waals surface area contributed by atoms with Crippen molar-refractivity contribution in [2.45, 2.75) is 32.7 Å². The molecule has 1 aromatic heterocycles. The van der Waals surface area contributed by atoms with Gasteiger partial charge in [-0.25, -0.2) is 4.79 Å². The number of allylic oxidation sites excluding steroid dienone is 1. The molecule has 0 bridgehead atoms. The molecule has 1 aliphatic heterocycles. The van der Waals surface area contributed by atoms with Crippen molar-refractivity contribution in [1.82, 2.24) is 20.2 Å². The summed E-state index contributed by atoms with van der Waals surface area (Å²) in [6.45, 7) is 9.83. The third kappa shape index (κ3) is 3.17. The number of carbonyl (C=O) groups is 1.